The summed E-state index contributed by atoms with van der Waals surface area (Å²) in [5, 5.41) is 0. The Bertz CT molecular complexity index is 396. The number of carbonyl (C=O) groups excluding carboxylic acids is 1. The van der Waals surface area contributed by atoms with Gasteiger partial charge in [-0.15, -0.1) is 0 Å². The average Bonchev–Trinajstić information content (AvgIpc) is 2.30. The first-order valence-corrected chi connectivity index (χ1v) is 5.15. The Labute approximate surface area is 97.6 Å². The van der Waals surface area contributed by atoms with Gasteiger partial charge in [0.1, 0.15) is 5.75 Å². The molecule has 1 rings (SSSR count). The van der Waals surface area contributed by atoms with E-state index in [1.54, 1.807) is 6.92 Å². The summed E-state index contributed by atoms with van der Waals surface area (Å²) in [6.07, 6.45) is 2.22. The van der Waals surface area contributed by atoms with Gasteiger partial charge in [-0.3, -0.25) is 4.98 Å². The van der Waals surface area contributed by atoms with Crippen molar-refractivity contribution in [3.05, 3.63) is 24.0 Å². The summed E-state index contributed by atoms with van der Waals surface area (Å²) in [7, 11) is 0. The van der Waals surface area contributed by atoms with Crippen molar-refractivity contribution in [2.45, 2.75) is 19.8 Å². The Hall–Kier alpha value is -1.72. The molecule has 0 aliphatic heterocycles. The molecule has 1 aromatic heterocycles. The fraction of sp³-hybridized carbons (Fsp3) is 0.455. The molecular formula is C11H13F2NO3. The quantitative estimate of drug-likeness (QED) is 0.746. The highest BCUT2D eigenvalue weighted by Crippen LogP contribution is 2.30. The van der Waals surface area contributed by atoms with Crippen LogP contribution in [0.5, 0.6) is 5.75 Å². The van der Waals surface area contributed by atoms with Crippen LogP contribution >= 0.6 is 0 Å². The zero-order valence-electron chi connectivity index (χ0n) is 9.57. The number of halogens is 2. The van der Waals surface area contributed by atoms with E-state index < -0.39 is 17.5 Å². The highest BCUT2D eigenvalue weighted by Gasteiger charge is 2.43. The van der Waals surface area contributed by atoms with E-state index in [1.165, 1.54) is 13.1 Å². The van der Waals surface area contributed by atoms with Gasteiger partial charge in [0, 0.05) is 6.20 Å². The molecule has 4 nitrogen and oxygen atoms in total. The van der Waals surface area contributed by atoms with Crippen molar-refractivity contribution in [1.82, 2.24) is 4.98 Å². The van der Waals surface area contributed by atoms with Gasteiger partial charge in [0.2, 0.25) is 0 Å². The van der Waals surface area contributed by atoms with Gasteiger partial charge < -0.3 is 9.47 Å². The summed E-state index contributed by atoms with van der Waals surface area (Å²) in [6.45, 7) is 3.40. The van der Waals surface area contributed by atoms with Gasteiger partial charge in [-0.2, -0.15) is 8.78 Å². The highest BCUT2D eigenvalue weighted by atomic mass is 19.3. The average molecular weight is 245 g/mol. The van der Waals surface area contributed by atoms with Crippen molar-refractivity contribution in [3.63, 3.8) is 0 Å². The van der Waals surface area contributed by atoms with E-state index in [9.17, 15) is 13.6 Å². The van der Waals surface area contributed by atoms with E-state index in [0.29, 0.717) is 6.61 Å². The van der Waals surface area contributed by atoms with Crippen LogP contribution in [-0.2, 0) is 15.5 Å². The second kappa shape index (κ2) is 5.56. The van der Waals surface area contributed by atoms with Crippen LogP contribution in [0.15, 0.2) is 18.5 Å². The lowest BCUT2D eigenvalue weighted by Crippen LogP contribution is -2.28. The molecule has 0 aliphatic rings. The number of pyridine rings is 1. The lowest BCUT2D eigenvalue weighted by atomic mass is 10.1. The first kappa shape index (κ1) is 13.3. The Morgan fingerprint density at radius 1 is 1.35 bits per heavy atom. The molecule has 0 amide bonds. The number of esters is 1. The predicted octanol–water partition coefficient (Wildman–Crippen LogP) is 2.14. The van der Waals surface area contributed by atoms with Crippen LogP contribution < -0.4 is 4.74 Å². The summed E-state index contributed by atoms with van der Waals surface area (Å²) >= 11 is 0. The van der Waals surface area contributed by atoms with Crippen LogP contribution in [0.4, 0.5) is 8.78 Å². The second-order valence-electron chi connectivity index (χ2n) is 3.14. The summed E-state index contributed by atoms with van der Waals surface area (Å²) in [5.41, 5.74) is -0.540. The van der Waals surface area contributed by atoms with Gasteiger partial charge in [-0.05, 0) is 19.9 Å². The van der Waals surface area contributed by atoms with E-state index in [4.69, 9.17) is 4.74 Å². The predicted molar refractivity (Wildman–Crippen MR) is 55.9 cm³/mol. The molecule has 17 heavy (non-hydrogen) atoms. The van der Waals surface area contributed by atoms with Crippen LogP contribution in [0.2, 0.25) is 0 Å². The molecular weight excluding hydrogens is 232 g/mol. The van der Waals surface area contributed by atoms with E-state index in [-0.39, 0.29) is 12.4 Å². The number of hydrogen-bond acceptors (Lipinski definition) is 4. The van der Waals surface area contributed by atoms with Gasteiger partial charge >= 0.3 is 11.9 Å². The van der Waals surface area contributed by atoms with Crippen molar-refractivity contribution in [2.75, 3.05) is 13.2 Å². The molecule has 0 radical (unpaired) electrons. The van der Waals surface area contributed by atoms with E-state index >= 15 is 0 Å². The Kier molecular flexibility index (Phi) is 4.37. The molecule has 0 fully saturated rings. The van der Waals surface area contributed by atoms with Gasteiger partial charge in [-0.1, -0.05) is 0 Å². The van der Waals surface area contributed by atoms with Gasteiger partial charge in [-0.25, -0.2) is 4.79 Å². The zero-order valence-corrected chi connectivity index (χ0v) is 9.57. The molecule has 0 saturated carbocycles. The number of ether oxygens (including phenoxy) is 2. The maximum atomic E-state index is 13.6. The number of aromatic nitrogens is 1. The first-order valence-electron chi connectivity index (χ1n) is 5.15. The minimum absolute atomic E-state index is 0.104. The topological polar surface area (TPSA) is 48.4 Å². The molecule has 0 atom stereocenters. The molecule has 0 unspecified atom stereocenters. The number of alkyl halides is 2. The molecule has 0 N–H and O–H groups in total. The number of hydrogen-bond donors (Lipinski definition) is 0. The largest absolute Gasteiger partial charge is 0.492 e. The zero-order chi connectivity index (χ0) is 12.9. The molecule has 0 spiro atoms. The van der Waals surface area contributed by atoms with Crippen molar-refractivity contribution < 1.29 is 23.0 Å². The van der Waals surface area contributed by atoms with E-state index in [2.05, 4.69) is 9.72 Å². The summed E-state index contributed by atoms with van der Waals surface area (Å²) in [6, 6.07) is 1.08. The van der Waals surface area contributed by atoms with Crippen molar-refractivity contribution >= 4 is 5.97 Å². The normalized spacial score (nSPS) is 11.1. The number of nitrogens with zero attached hydrogens (tertiary/aromatic N) is 1. The first-order chi connectivity index (χ1) is 8.02. The van der Waals surface area contributed by atoms with Gasteiger partial charge in [0.25, 0.3) is 0 Å². The molecule has 6 heteroatoms. The Morgan fingerprint density at radius 2 is 2.06 bits per heavy atom. The standard InChI is InChI=1S/C11H13F2NO3/c1-3-16-9-5-8(6-14-7-9)11(12,13)10(15)17-4-2/h5-7H,3-4H2,1-2H3. The molecule has 0 aromatic carbocycles. The smallest absolute Gasteiger partial charge is 0.382 e. The van der Waals surface area contributed by atoms with E-state index in [0.717, 1.165) is 12.3 Å². The van der Waals surface area contributed by atoms with Crippen molar-refractivity contribution in [1.29, 1.82) is 0 Å². The molecule has 1 aromatic rings. The molecule has 1 heterocycles. The molecule has 0 saturated heterocycles. The maximum Gasteiger partial charge on any atom is 0.382 e. The van der Waals surface area contributed by atoms with Crippen LogP contribution in [-0.4, -0.2) is 24.2 Å². The fourth-order valence-corrected chi connectivity index (χ4v) is 1.18. The summed E-state index contributed by atoms with van der Waals surface area (Å²) in [4.78, 5) is 14.7. The maximum absolute atomic E-state index is 13.6. The van der Waals surface area contributed by atoms with Gasteiger partial charge in [0.15, 0.2) is 0 Å². The monoisotopic (exact) mass is 245 g/mol. The minimum atomic E-state index is -3.71. The lowest BCUT2D eigenvalue weighted by Gasteiger charge is -2.15. The SMILES string of the molecule is CCOC(=O)C(F)(F)c1cncc(OCC)c1. The van der Waals surface area contributed by atoms with Crippen LogP contribution in [0.1, 0.15) is 19.4 Å². The summed E-state index contributed by atoms with van der Waals surface area (Å²) < 4.78 is 36.5. The van der Waals surface area contributed by atoms with Crippen LogP contribution in [0.3, 0.4) is 0 Å². The number of rotatable bonds is 5. The number of carbonyl (C=O) groups is 1. The van der Waals surface area contributed by atoms with Crippen molar-refractivity contribution in [2.24, 2.45) is 0 Å². The minimum Gasteiger partial charge on any atom is -0.492 e. The molecule has 0 aliphatic carbocycles. The Morgan fingerprint density at radius 3 is 2.65 bits per heavy atom. The highest BCUT2D eigenvalue weighted by molar-refractivity contribution is 5.79. The van der Waals surface area contributed by atoms with Crippen molar-refractivity contribution in [3.8, 4) is 5.75 Å². The Balaban J connectivity index is 2.97. The fourth-order valence-electron chi connectivity index (χ4n) is 1.18. The molecule has 94 valence electrons. The second-order valence-corrected chi connectivity index (χ2v) is 3.14. The van der Waals surface area contributed by atoms with Crippen LogP contribution in [0.25, 0.3) is 0 Å². The lowest BCUT2D eigenvalue weighted by molar-refractivity contribution is -0.173. The summed E-state index contributed by atoms with van der Waals surface area (Å²) in [5.74, 6) is -5.11. The van der Waals surface area contributed by atoms with Crippen LogP contribution in [0, 0.1) is 0 Å². The third-order valence-electron chi connectivity index (χ3n) is 1.92. The van der Waals surface area contributed by atoms with Gasteiger partial charge in [0.05, 0.1) is 25.0 Å². The molecule has 0 bridgehead atoms. The third kappa shape index (κ3) is 3.12. The van der Waals surface area contributed by atoms with E-state index in [1.807, 2.05) is 0 Å². The third-order valence-corrected chi connectivity index (χ3v) is 1.92.